The number of alkyl halides is 3. The number of rotatable bonds is 4. The van der Waals surface area contributed by atoms with E-state index in [2.05, 4.69) is 5.32 Å². The molecule has 0 radical (unpaired) electrons. The molecule has 1 rings (SSSR count). The van der Waals surface area contributed by atoms with Crippen LogP contribution in [-0.4, -0.2) is 36.6 Å². The highest BCUT2D eigenvalue weighted by Gasteiger charge is 2.29. The SMILES string of the molecule is CC1(NCCSC(F)(F)F)CCOCC1. The molecule has 6 heteroatoms. The molecule has 0 spiro atoms. The third kappa shape index (κ3) is 5.63. The van der Waals surface area contributed by atoms with Gasteiger partial charge in [-0.05, 0) is 31.5 Å². The van der Waals surface area contributed by atoms with Crippen LogP contribution >= 0.6 is 11.8 Å². The summed E-state index contributed by atoms with van der Waals surface area (Å²) in [6.07, 6.45) is 1.73. The van der Waals surface area contributed by atoms with Crippen molar-refractivity contribution in [3.05, 3.63) is 0 Å². The van der Waals surface area contributed by atoms with Gasteiger partial charge in [-0.1, -0.05) is 0 Å². The molecule has 0 unspecified atom stereocenters. The van der Waals surface area contributed by atoms with Gasteiger partial charge in [0.25, 0.3) is 0 Å². The second-order valence-corrected chi connectivity index (χ2v) is 5.05. The van der Waals surface area contributed by atoms with Crippen molar-refractivity contribution >= 4 is 11.8 Å². The van der Waals surface area contributed by atoms with Gasteiger partial charge in [0.15, 0.2) is 0 Å². The monoisotopic (exact) mass is 243 g/mol. The second-order valence-electron chi connectivity index (χ2n) is 3.89. The zero-order chi connectivity index (χ0) is 11.4. The lowest BCUT2D eigenvalue weighted by Gasteiger charge is -2.34. The lowest BCUT2D eigenvalue weighted by atomic mass is 9.93. The van der Waals surface area contributed by atoms with E-state index >= 15 is 0 Å². The smallest absolute Gasteiger partial charge is 0.381 e. The molecule has 15 heavy (non-hydrogen) atoms. The molecule has 0 aliphatic carbocycles. The Balaban J connectivity index is 2.13. The molecule has 0 amide bonds. The number of nitrogens with one attached hydrogen (secondary N) is 1. The zero-order valence-electron chi connectivity index (χ0n) is 8.69. The summed E-state index contributed by atoms with van der Waals surface area (Å²) in [6.45, 7) is 3.81. The molecular formula is C9H16F3NOS. The van der Waals surface area contributed by atoms with Crippen molar-refractivity contribution in [1.82, 2.24) is 5.32 Å². The van der Waals surface area contributed by atoms with Gasteiger partial charge in [0.2, 0.25) is 0 Å². The Morgan fingerprint density at radius 3 is 2.47 bits per heavy atom. The maximum absolute atomic E-state index is 11.8. The highest BCUT2D eigenvalue weighted by atomic mass is 32.2. The molecule has 1 N–H and O–H groups in total. The molecule has 1 aliphatic heterocycles. The van der Waals surface area contributed by atoms with Gasteiger partial charge in [-0.25, -0.2) is 0 Å². The molecule has 1 aliphatic rings. The van der Waals surface area contributed by atoms with Crippen molar-refractivity contribution in [2.24, 2.45) is 0 Å². The maximum atomic E-state index is 11.8. The van der Waals surface area contributed by atoms with Crippen LogP contribution in [0.15, 0.2) is 0 Å². The molecule has 0 bridgehead atoms. The van der Waals surface area contributed by atoms with Gasteiger partial charge in [-0.2, -0.15) is 13.2 Å². The predicted octanol–water partition coefficient (Wildman–Crippen LogP) is 2.40. The topological polar surface area (TPSA) is 21.3 Å². The Morgan fingerprint density at radius 2 is 1.93 bits per heavy atom. The average molecular weight is 243 g/mol. The fraction of sp³-hybridized carbons (Fsp3) is 1.00. The molecular weight excluding hydrogens is 227 g/mol. The van der Waals surface area contributed by atoms with Crippen molar-refractivity contribution in [1.29, 1.82) is 0 Å². The van der Waals surface area contributed by atoms with Crippen molar-refractivity contribution < 1.29 is 17.9 Å². The predicted molar refractivity (Wildman–Crippen MR) is 55.0 cm³/mol. The van der Waals surface area contributed by atoms with Crippen molar-refractivity contribution in [2.45, 2.75) is 30.8 Å². The summed E-state index contributed by atoms with van der Waals surface area (Å²) >= 11 is 0.0271. The summed E-state index contributed by atoms with van der Waals surface area (Å²) < 4.78 is 40.7. The molecule has 90 valence electrons. The summed E-state index contributed by atoms with van der Waals surface area (Å²) in [6, 6.07) is 0. The molecule has 0 saturated carbocycles. The van der Waals surface area contributed by atoms with E-state index in [-0.39, 0.29) is 23.1 Å². The van der Waals surface area contributed by atoms with Crippen molar-refractivity contribution in [2.75, 3.05) is 25.5 Å². The lowest BCUT2D eigenvalue weighted by molar-refractivity contribution is -0.0328. The number of halogens is 3. The van der Waals surface area contributed by atoms with Crippen LogP contribution < -0.4 is 5.32 Å². The minimum absolute atomic E-state index is 0.0271. The summed E-state index contributed by atoms with van der Waals surface area (Å²) in [7, 11) is 0. The van der Waals surface area contributed by atoms with E-state index in [0.29, 0.717) is 19.8 Å². The number of hydrogen-bond acceptors (Lipinski definition) is 3. The third-order valence-corrected chi connectivity index (χ3v) is 3.25. The Kier molecular flexibility index (Phi) is 4.73. The third-order valence-electron chi connectivity index (χ3n) is 2.52. The highest BCUT2D eigenvalue weighted by Crippen LogP contribution is 2.29. The minimum Gasteiger partial charge on any atom is -0.381 e. The summed E-state index contributed by atoms with van der Waals surface area (Å²) in [5.74, 6) is 0.0694. The molecule has 1 heterocycles. The Labute approximate surface area is 91.9 Å². The minimum atomic E-state index is -4.11. The van der Waals surface area contributed by atoms with Crippen LogP contribution in [0.5, 0.6) is 0 Å². The van der Waals surface area contributed by atoms with E-state index < -0.39 is 5.51 Å². The molecule has 2 nitrogen and oxygen atoms in total. The van der Waals surface area contributed by atoms with Crippen LogP contribution in [0.2, 0.25) is 0 Å². The van der Waals surface area contributed by atoms with Crippen LogP contribution in [-0.2, 0) is 4.74 Å². The quantitative estimate of drug-likeness (QED) is 0.766. The van der Waals surface area contributed by atoms with Crippen molar-refractivity contribution in [3.63, 3.8) is 0 Å². The van der Waals surface area contributed by atoms with E-state index in [4.69, 9.17) is 4.74 Å². The molecule has 1 saturated heterocycles. The first-order valence-corrected chi connectivity index (χ1v) is 5.93. The Morgan fingerprint density at radius 1 is 1.33 bits per heavy atom. The number of thioether (sulfide) groups is 1. The van der Waals surface area contributed by atoms with Crippen LogP contribution in [0.25, 0.3) is 0 Å². The Bertz CT molecular complexity index is 192. The summed E-state index contributed by atoms with van der Waals surface area (Å²) in [4.78, 5) is 0. The first-order chi connectivity index (χ1) is 6.91. The first kappa shape index (κ1) is 13.1. The fourth-order valence-electron chi connectivity index (χ4n) is 1.52. The molecule has 0 aromatic heterocycles. The molecule has 0 aromatic carbocycles. The van der Waals surface area contributed by atoms with Gasteiger partial charge in [-0.3, -0.25) is 0 Å². The van der Waals surface area contributed by atoms with E-state index in [9.17, 15) is 13.2 Å². The fourth-order valence-corrected chi connectivity index (χ4v) is 1.95. The number of hydrogen-bond donors (Lipinski definition) is 1. The largest absolute Gasteiger partial charge is 0.441 e. The van der Waals surface area contributed by atoms with Crippen LogP contribution in [0.3, 0.4) is 0 Å². The van der Waals surface area contributed by atoms with E-state index in [1.807, 2.05) is 6.92 Å². The zero-order valence-corrected chi connectivity index (χ0v) is 9.51. The highest BCUT2D eigenvalue weighted by molar-refractivity contribution is 8.00. The first-order valence-electron chi connectivity index (χ1n) is 4.95. The molecule has 0 aromatic rings. The standard InChI is InChI=1S/C9H16F3NOS/c1-8(2-5-14-6-3-8)13-4-7-15-9(10,11)12/h13H,2-7H2,1H3. The van der Waals surface area contributed by atoms with Crippen molar-refractivity contribution in [3.8, 4) is 0 Å². The number of ether oxygens (including phenoxy) is 1. The molecule has 0 atom stereocenters. The van der Waals surface area contributed by atoms with Gasteiger partial charge in [-0.15, -0.1) is 0 Å². The van der Waals surface area contributed by atoms with Gasteiger partial charge < -0.3 is 10.1 Å². The second kappa shape index (κ2) is 5.41. The van der Waals surface area contributed by atoms with Gasteiger partial charge in [0.05, 0.1) is 0 Å². The summed E-state index contributed by atoms with van der Waals surface area (Å²) in [5.41, 5.74) is -4.16. The Hall–Kier alpha value is 0.0600. The van der Waals surface area contributed by atoms with E-state index in [1.165, 1.54) is 0 Å². The lowest BCUT2D eigenvalue weighted by Crippen LogP contribution is -2.47. The van der Waals surface area contributed by atoms with Crippen LogP contribution in [0, 0.1) is 0 Å². The van der Waals surface area contributed by atoms with Crippen LogP contribution in [0.4, 0.5) is 13.2 Å². The van der Waals surface area contributed by atoms with Gasteiger partial charge in [0, 0.05) is 31.1 Å². The van der Waals surface area contributed by atoms with Gasteiger partial charge in [0.1, 0.15) is 0 Å². The van der Waals surface area contributed by atoms with Gasteiger partial charge >= 0.3 is 5.51 Å². The molecule has 1 fully saturated rings. The average Bonchev–Trinajstić information content (AvgIpc) is 2.12. The normalized spacial score (nSPS) is 21.6. The van der Waals surface area contributed by atoms with Crippen LogP contribution in [0.1, 0.15) is 19.8 Å². The van der Waals surface area contributed by atoms with E-state index in [0.717, 1.165) is 12.8 Å². The summed E-state index contributed by atoms with van der Waals surface area (Å²) in [5, 5.41) is 3.17. The van der Waals surface area contributed by atoms with E-state index in [1.54, 1.807) is 0 Å². The maximum Gasteiger partial charge on any atom is 0.441 e.